The molecule has 0 radical (unpaired) electrons. The zero-order chi connectivity index (χ0) is 13.5. The number of carbonyl (C=O) groups is 2. The fourth-order valence-electron chi connectivity index (χ4n) is 1.39. The van der Waals surface area contributed by atoms with E-state index < -0.39 is 11.9 Å². The summed E-state index contributed by atoms with van der Waals surface area (Å²) in [7, 11) is 0. The van der Waals surface area contributed by atoms with E-state index in [1.165, 1.54) is 12.3 Å². The van der Waals surface area contributed by atoms with E-state index in [9.17, 15) is 9.59 Å². The van der Waals surface area contributed by atoms with Gasteiger partial charge in [-0.1, -0.05) is 19.4 Å². The fourth-order valence-corrected chi connectivity index (χ4v) is 1.39. The second-order valence-electron chi connectivity index (χ2n) is 3.90. The summed E-state index contributed by atoms with van der Waals surface area (Å²) in [6.45, 7) is 3.70. The molecule has 4 heteroatoms. The van der Waals surface area contributed by atoms with Gasteiger partial charge in [0.05, 0.1) is 17.4 Å². The van der Waals surface area contributed by atoms with Crippen molar-refractivity contribution in [1.82, 2.24) is 0 Å². The molecule has 18 heavy (non-hydrogen) atoms. The molecule has 1 rings (SSSR count). The van der Waals surface area contributed by atoms with Gasteiger partial charge in [-0.15, -0.1) is 0 Å². The maximum Gasteiger partial charge on any atom is 0.342 e. The smallest absolute Gasteiger partial charge is 0.342 e. The standard InChI is InChI=1S/C14H16O4/c1-3-4-5-8-18-14(17)11-7-6-10(2)12(9-11)13(15)16/h5-9H,3-4H2,1-2H3,(H,15,16). The molecule has 1 N–H and O–H groups in total. The molecule has 0 aliphatic rings. The number of aromatic carboxylic acids is 1. The van der Waals surface area contributed by atoms with Crippen LogP contribution in [0.3, 0.4) is 0 Å². The van der Waals surface area contributed by atoms with E-state index in [1.54, 1.807) is 25.1 Å². The van der Waals surface area contributed by atoms with Crippen LogP contribution in [0, 0.1) is 6.92 Å². The first-order valence-corrected chi connectivity index (χ1v) is 5.76. The molecule has 0 aliphatic carbocycles. The van der Waals surface area contributed by atoms with Crippen molar-refractivity contribution >= 4 is 11.9 Å². The molecule has 1 aromatic rings. The lowest BCUT2D eigenvalue weighted by atomic mass is 10.1. The van der Waals surface area contributed by atoms with Gasteiger partial charge < -0.3 is 9.84 Å². The minimum atomic E-state index is -1.05. The number of benzene rings is 1. The molecule has 0 heterocycles. The van der Waals surface area contributed by atoms with E-state index in [2.05, 4.69) is 0 Å². The molecular weight excluding hydrogens is 232 g/mol. The molecule has 0 bridgehead atoms. The molecule has 96 valence electrons. The van der Waals surface area contributed by atoms with Gasteiger partial charge >= 0.3 is 11.9 Å². The summed E-state index contributed by atoms with van der Waals surface area (Å²) in [5.41, 5.74) is 0.960. The van der Waals surface area contributed by atoms with Crippen LogP contribution in [0.5, 0.6) is 0 Å². The Kier molecular flexibility index (Phi) is 5.11. The van der Waals surface area contributed by atoms with Gasteiger partial charge in [-0.3, -0.25) is 0 Å². The Morgan fingerprint density at radius 3 is 2.72 bits per heavy atom. The fraction of sp³-hybridized carbons (Fsp3) is 0.286. The van der Waals surface area contributed by atoms with Gasteiger partial charge in [0, 0.05) is 0 Å². The largest absolute Gasteiger partial charge is 0.478 e. The quantitative estimate of drug-likeness (QED) is 0.642. The zero-order valence-electron chi connectivity index (χ0n) is 10.5. The van der Waals surface area contributed by atoms with Crippen LogP contribution in [0.4, 0.5) is 0 Å². The van der Waals surface area contributed by atoms with Gasteiger partial charge in [-0.25, -0.2) is 9.59 Å². The molecule has 0 fully saturated rings. The van der Waals surface area contributed by atoms with Crippen molar-refractivity contribution in [3.63, 3.8) is 0 Å². The number of carboxylic acid groups (broad SMARTS) is 1. The lowest BCUT2D eigenvalue weighted by Crippen LogP contribution is -2.05. The van der Waals surface area contributed by atoms with E-state index in [0.29, 0.717) is 5.56 Å². The molecule has 0 aliphatic heterocycles. The van der Waals surface area contributed by atoms with Crippen LogP contribution in [0.2, 0.25) is 0 Å². The van der Waals surface area contributed by atoms with Gasteiger partial charge in [-0.2, -0.15) is 0 Å². The number of carboxylic acids is 1. The number of aryl methyl sites for hydroxylation is 1. The second kappa shape index (κ2) is 6.59. The van der Waals surface area contributed by atoms with Gasteiger partial charge in [0.25, 0.3) is 0 Å². The van der Waals surface area contributed by atoms with Crippen molar-refractivity contribution in [3.05, 3.63) is 47.2 Å². The summed E-state index contributed by atoms with van der Waals surface area (Å²) >= 11 is 0. The van der Waals surface area contributed by atoms with Crippen molar-refractivity contribution in [2.75, 3.05) is 0 Å². The van der Waals surface area contributed by atoms with E-state index in [4.69, 9.17) is 9.84 Å². The number of allylic oxidation sites excluding steroid dienone is 1. The molecule has 0 unspecified atom stereocenters. The Labute approximate surface area is 106 Å². The van der Waals surface area contributed by atoms with Gasteiger partial charge in [0.2, 0.25) is 0 Å². The molecule has 4 nitrogen and oxygen atoms in total. The van der Waals surface area contributed by atoms with E-state index in [0.717, 1.165) is 12.8 Å². The predicted octanol–water partition coefficient (Wildman–Crippen LogP) is 3.16. The summed E-state index contributed by atoms with van der Waals surface area (Å²) in [6.07, 6.45) is 4.90. The SMILES string of the molecule is CCCC=COC(=O)c1ccc(C)c(C(=O)O)c1. The highest BCUT2D eigenvalue weighted by molar-refractivity contribution is 5.95. The van der Waals surface area contributed by atoms with Crippen LogP contribution >= 0.6 is 0 Å². The van der Waals surface area contributed by atoms with E-state index in [1.807, 2.05) is 6.92 Å². The first-order valence-electron chi connectivity index (χ1n) is 5.76. The number of hydrogen-bond acceptors (Lipinski definition) is 3. The Hall–Kier alpha value is -2.10. The first kappa shape index (κ1) is 14.0. The number of unbranched alkanes of at least 4 members (excludes halogenated alkanes) is 1. The third-order valence-electron chi connectivity index (χ3n) is 2.43. The molecule has 0 amide bonds. The third-order valence-corrected chi connectivity index (χ3v) is 2.43. The molecule has 0 aromatic heterocycles. The van der Waals surface area contributed by atoms with Crippen molar-refractivity contribution in [1.29, 1.82) is 0 Å². The van der Waals surface area contributed by atoms with Crippen LogP contribution in [-0.2, 0) is 4.74 Å². The lowest BCUT2D eigenvalue weighted by Gasteiger charge is -2.04. The van der Waals surface area contributed by atoms with Crippen molar-refractivity contribution in [2.45, 2.75) is 26.7 Å². The number of rotatable bonds is 5. The number of hydrogen-bond donors (Lipinski definition) is 1. The number of ether oxygens (including phenoxy) is 1. The maximum atomic E-state index is 11.6. The van der Waals surface area contributed by atoms with E-state index >= 15 is 0 Å². The lowest BCUT2D eigenvalue weighted by molar-refractivity contribution is 0.0662. The monoisotopic (exact) mass is 248 g/mol. The summed E-state index contributed by atoms with van der Waals surface area (Å²) in [5.74, 6) is -1.60. The van der Waals surface area contributed by atoms with Crippen LogP contribution in [0.15, 0.2) is 30.5 Å². The Bertz CT molecular complexity index is 475. The molecule has 1 aromatic carbocycles. The average molecular weight is 248 g/mol. The second-order valence-corrected chi connectivity index (χ2v) is 3.90. The van der Waals surface area contributed by atoms with E-state index in [-0.39, 0.29) is 11.1 Å². The highest BCUT2D eigenvalue weighted by atomic mass is 16.5. The van der Waals surface area contributed by atoms with Crippen LogP contribution in [0.1, 0.15) is 46.0 Å². The molecule has 0 atom stereocenters. The van der Waals surface area contributed by atoms with Crippen LogP contribution in [-0.4, -0.2) is 17.0 Å². The topological polar surface area (TPSA) is 63.6 Å². The average Bonchev–Trinajstić information content (AvgIpc) is 2.34. The van der Waals surface area contributed by atoms with Gasteiger partial charge in [0.15, 0.2) is 0 Å². The zero-order valence-corrected chi connectivity index (χ0v) is 10.5. The number of esters is 1. The highest BCUT2D eigenvalue weighted by Gasteiger charge is 2.12. The highest BCUT2D eigenvalue weighted by Crippen LogP contribution is 2.12. The summed E-state index contributed by atoms with van der Waals surface area (Å²) in [6, 6.07) is 4.47. The van der Waals surface area contributed by atoms with Crippen LogP contribution in [0.25, 0.3) is 0 Å². The van der Waals surface area contributed by atoms with Gasteiger partial charge in [0.1, 0.15) is 0 Å². The minimum absolute atomic E-state index is 0.113. The van der Waals surface area contributed by atoms with Crippen LogP contribution < -0.4 is 0 Å². The first-order chi connectivity index (χ1) is 8.56. The maximum absolute atomic E-state index is 11.6. The Morgan fingerprint density at radius 1 is 1.39 bits per heavy atom. The normalized spacial score (nSPS) is 10.6. The summed E-state index contributed by atoms with van der Waals surface area (Å²) in [4.78, 5) is 22.6. The van der Waals surface area contributed by atoms with Crippen molar-refractivity contribution in [2.24, 2.45) is 0 Å². The minimum Gasteiger partial charge on any atom is -0.478 e. The predicted molar refractivity (Wildman–Crippen MR) is 67.6 cm³/mol. The molecule has 0 saturated carbocycles. The molecular formula is C14H16O4. The van der Waals surface area contributed by atoms with Gasteiger partial charge in [-0.05, 0) is 37.1 Å². The Balaban J connectivity index is 2.80. The van der Waals surface area contributed by atoms with Crippen molar-refractivity contribution < 1.29 is 19.4 Å². The molecule has 0 spiro atoms. The Morgan fingerprint density at radius 2 is 2.11 bits per heavy atom. The summed E-state index contributed by atoms with van der Waals surface area (Å²) in [5, 5.41) is 8.95. The summed E-state index contributed by atoms with van der Waals surface area (Å²) < 4.78 is 4.89. The third kappa shape index (κ3) is 3.73. The van der Waals surface area contributed by atoms with Crippen molar-refractivity contribution in [3.8, 4) is 0 Å². The number of carbonyl (C=O) groups excluding carboxylic acids is 1. The molecule has 0 saturated heterocycles.